The van der Waals surface area contributed by atoms with Gasteiger partial charge in [0.2, 0.25) is 5.91 Å². The SMILES string of the molecule is C=C/C=C\C/C=C\C/C=C\C/C=C\C/C=C\C=C=C/C=C(\C)C(N)=O. The fraction of sp³-hybridized carbons (Fsp3) is 0.217. The first-order chi connectivity index (χ1) is 12.2. The van der Waals surface area contributed by atoms with Gasteiger partial charge in [-0.05, 0) is 50.8 Å². The highest BCUT2D eigenvalue weighted by Gasteiger charge is 1.91. The molecule has 0 heterocycles. The standard InChI is InChI=1S/C23H29NO/c1-3-4-5-6-7-8-9-10-11-12-13-14-15-16-17-18-19-20-21-22(2)23(24)25/h3-5,7-8,10-11,13-14,16-18,20-21H,1,6,9,12,15H2,2H3,(H2,24,25)/b5-4-,8-7-,11-10-,14-13-,17-16-,22-21+. The van der Waals surface area contributed by atoms with Crippen molar-refractivity contribution in [2.24, 2.45) is 5.73 Å². The van der Waals surface area contributed by atoms with E-state index in [0.717, 1.165) is 25.7 Å². The largest absolute Gasteiger partial charge is 0.366 e. The lowest BCUT2D eigenvalue weighted by atomic mass is 10.2. The average molecular weight is 335 g/mol. The maximum absolute atomic E-state index is 10.8. The summed E-state index contributed by atoms with van der Waals surface area (Å²) in [5.74, 6) is -0.413. The molecule has 0 bridgehead atoms. The molecule has 0 aliphatic rings. The number of rotatable bonds is 12. The molecule has 0 aromatic heterocycles. The summed E-state index contributed by atoms with van der Waals surface area (Å²) in [6, 6.07) is 0. The van der Waals surface area contributed by atoms with Crippen LogP contribution >= 0.6 is 0 Å². The highest BCUT2D eigenvalue weighted by atomic mass is 16.1. The molecule has 0 atom stereocenters. The van der Waals surface area contributed by atoms with Gasteiger partial charge in [0.15, 0.2) is 0 Å². The molecule has 2 heteroatoms. The van der Waals surface area contributed by atoms with Crippen LogP contribution in [0.25, 0.3) is 0 Å². The molecule has 2 nitrogen and oxygen atoms in total. The Balaban J connectivity index is 3.81. The van der Waals surface area contributed by atoms with Crippen LogP contribution in [0.15, 0.2) is 103 Å². The van der Waals surface area contributed by atoms with Crippen molar-refractivity contribution >= 4 is 5.91 Å². The summed E-state index contributed by atoms with van der Waals surface area (Å²) in [7, 11) is 0. The van der Waals surface area contributed by atoms with Crippen molar-refractivity contribution in [3.05, 3.63) is 103 Å². The van der Waals surface area contributed by atoms with Gasteiger partial charge in [-0.25, -0.2) is 0 Å². The minimum atomic E-state index is -0.413. The van der Waals surface area contributed by atoms with Gasteiger partial charge in [0.1, 0.15) is 0 Å². The van der Waals surface area contributed by atoms with Crippen molar-refractivity contribution in [1.82, 2.24) is 0 Å². The van der Waals surface area contributed by atoms with Gasteiger partial charge >= 0.3 is 0 Å². The van der Waals surface area contributed by atoms with Gasteiger partial charge < -0.3 is 5.73 Å². The van der Waals surface area contributed by atoms with Gasteiger partial charge in [0.05, 0.1) is 0 Å². The highest BCUT2D eigenvalue weighted by molar-refractivity contribution is 5.91. The zero-order valence-corrected chi connectivity index (χ0v) is 15.1. The Morgan fingerprint density at radius 3 is 1.80 bits per heavy atom. The molecule has 25 heavy (non-hydrogen) atoms. The summed E-state index contributed by atoms with van der Waals surface area (Å²) in [6.45, 7) is 5.30. The van der Waals surface area contributed by atoms with Gasteiger partial charge in [-0.1, -0.05) is 73.4 Å². The topological polar surface area (TPSA) is 43.1 Å². The third-order valence-corrected chi connectivity index (χ3v) is 3.01. The zero-order chi connectivity index (χ0) is 18.6. The third-order valence-electron chi connectivity index (χ3n) is 3.01. The van der Waals surface area contributed by atoms with Crippen LogP contribution in [0, 0.1) is 0 Å². The van der Waals surface area contributed by atoms with Crippen molar-refractivity contribution in [2.75, 3.05) is 0 Å². The molecule has 0 rings (SSSR count). The summed E-state index contributed by atoms with van der Waals surface area (Å²) in [6.07, 6.45) is 31.6. The number of carbonyl (C=O) groups is 1. The fourth-order valence-electron chi connectivity index (χ4n) is 1.58. The van der Waals surface area contributed by atoms with Gasteiger partial charge in [0, 0.05) is 5.57 Å². The number of hydrogen-bond donors (Lipinski definition) is 1. The second kappa shape index (κ2) is 17.5. The van der Waals surface area contributed by atoms with E-state index in [2.05, 4.69) is 54.8 Å². The van der Waals surface area contributed by atoms with Crippen molar-refractivity contribution < 1.29 is 4.79 Å². The molecule has 0 aromatic carbocycles. The highest BCUT2D eigenvalue weighted by Crippen LogP contribution is 1.95. The van der Waals surface area contributed by atoms with Gasteiger partial charge in [-0.15, -0.1) is 5.73 Å². The molecule has 0 spiro atoms. The maximum atomic E-state index is 10.8. The Morgan fingerprint density at radius 1 is 0.840 bits per heavy atom. The van der Waals surface area contributed by atoms with Gasteiger partial charge in [0.25, 0.3) is 0 Å². The Bertz CT molecular complexity index is 618. The van der Waals surface area contributed by atoms with Crippen molar-refractivity contribution in [3.8, 4) is 0 Å². The van der Waals surface area contributed by atoms with Crippen LogP contribution in [0.4, 0.5) is 0 Å². The van der Waals surface area contributed by atoms with Gasteiger partial charge in [-0.3, -0.25) is 4.79 Å². The summed E-state index contributed by atoms with van der Waals surface area (Å²) >= 11 is 0. The number of nitrogens with two attached hydrogens (primary N) is 1. The Labute approximate surface area is 152 Å². The molecule has 0 unspecified atom stereocenters. The second-order valence-electron chi connectivity index (χ2n) is 5.16. The van der Waals surface area contributed by atoms with E-state index in [1.807, 2.05) is 18.2 Å². The molecule has 0 saturated carbocycles. The third kappa shape index (κ3) is 17.4. The molecule has 0 radical (unpaired) electrons. The van der Waals surface area contributed by atoms with Crippen molar-refractivity contribution in [1.29, 1.82) is 0 Å². The molecule has 0 aromatic rings. The quantitative estimate of drug-likeness (QED) is 0.213. The number of carbonyl (C=O) groups excluding carboxylic acids is 1. The number of primary amides is 1. The van der Waals surface area contributed by atoms with E-state index in [-0.39, 0.29) is 0 Å². The van der Waals surface area contributed by atoms with E-state index in [1.54, 1.807) is 31.2 Å². The lowest BCUT2D eigenvalue weighted by Gasteiger charge is -1.86. The van der Waals surface area contributed by atoms with E-state index in [4.69, 9.17) is 5.73 Å². The van der Waals surface area contributed by atoms with E-state index < -0.39 is 5.91 Å². The number of amides is 1. The Kier molecular flexibility index (Phi) is 15.5. The van der Waals surface area contributed by atoms with Crippen LogP contribution in [-0.2, 0) is 4.79 Å². The van der Waals surface area contributed by atoms with Crippen LogP contribution in [0.1, 0.15) is 32.6 Å². The van der Waals surface area contributed by atoms with E-state index in [0.29, 0.717) is 5.57 Å². The monoisotopic (exact) mass is 335 g/mol. The minimum Gasteiger partial charge on any atom is -0.366 e. The fourth-order valence-corrected chi connectivity index (χ4v) is 1.58. The van der Waals surface area contributed by atoms with Gasteiger partial charge in [-0.2, -0.15) is 0 Å². The predicted molar refractivity (Wildman–Crippen MR) is 110 cm³/mol. The van der Waals surface area contributed by atoms with Crippen LogP contribution in [0.3, 0.4) is 0 Å². The van der Waals surface area contributed by atoms with Crippen molar-refractivity contribution in [2.45, 2.75) is 32.6 Å². The average Bonchev–Trinajstić information content (AvgIpc) is 2.60. The first-order valence-corrected chi connectivity index (χ1v) is 8.45. The summed E-state index contributed by atoms with van der Waals surface area (Å²) in [5, 5.41) is 0. The summed E-state index contributed by atoms with van der Waals surface area (Å²) in [4.78, 5) is 10.8. The number of hydrogen-bond acceptors (Lipinski definition) is 1. The molecule has 2 N–H and O–H groups in total. The molecule has 0 fully saturated rings. The summed E-state index contributed by atoms with van der Waals surface area (Å²) in [5.41, 5.74) is 8.57. The zero-order valence-electron chi connectivity index (χ0n) is 15.1. The normalized spacial score (nSPS) is 12.6. The maximum Gasteiger partial charge on any atom is 0.244 e. The molecule has 1 amide bonds. The Morgan fingerprint density at radius 2 is 1.32 bits per heavy atom. The predicted octanol–water partition coefficient (Wildman–Crippen LogP) is 5.66. The van der Waals surface area contributed by atoms with E-state index in [9.17, 15) is 4.79 Å². The second-order valence-corrected chi connectivity index (χ2v) is 5.16. The minimum absolute atomic E-state index is 0.413. The first-order valence-electron chi connectivity index (χ1n) is 8.45. The molecule has 132 valence electrons. The van der Waals surface area contributed by atoms with Crippen LogP contribution in [0.5, 0.6) is 0 Å². The van der Waals surface area contributed by atoms with E-state index >= 15 is 0 Å². The molecule has 0 saturated heterocycles. The van der Waals surface area contributed by atoms with Crippen LogP contribution in [0.2, 0.25) is 0 Å². The molecular formula is C23H29NO. The van der Waals surface area contributed by atoms with E-state index in [1.165, 1.54) is 0 Å². The molecular weight excluding hydrogens is 306 g/mol. The lowest BCUT2D eigenvalue weighted by molar-refractivity contribution is -0.114. The molecule has 0 aliphatic heterocycles. The number of allylic oxidation sites excluding steroid dienone is 13. The summed E-state index contributed by atoms with van der Waals surface area (Å²) < 4.78 is 0. The van der Waals surface area contributed by atoms with Crippen molar-refractivity contribution in [3.63, 3.8) is 0 Å². The molecule has 0 aliphatic carbocycles. The smallest absolute Gasteiger partial charge is 0.244 e. The van der Waals surface area contributed by atoms with Crippen LogP contribution < -0.4 is 5.73 Å². The lowest BCUT2D eigenvalue weighted by Crippen LogP contribution is -2.11. The Hall–Kier alpha value is -2.83. The van der Waals surface area contributed by atoms with Crippen LogP contribution in [-0.4, -0.2) is 5.91 Å². The first kappa shape index (κ1) is 22.2.